The topological polar surface area (TPSA) is 71.6 Å². The molecule has 4 aliphatic rings. The predicted molar refractivity (Wildman–Crippen MR) is 92.9 cm³/mol. The van der Waals surface area contributed by atoms with Crippen LogP contribution in [0, 0.1) is 5.41 Å². The van der Waals surface area contributed by atoms with Crippen molar-refractivity contribution in [2.75, 3.05) is 59.1 Å². The number of ether oxygens (including phenoxy) is 3. The minimum absolute atomic E-state index is 0.0133. The van der Waals surface area contributed by atoms with Crippen LogP contribution in [0.1, 0.15) is 26.2 Å². The lowest BCUT2D eigenvalue weighted by molar-refractivity contribution is -0.0588. The Morgan fingerprint density at radius 3 is 2.54 bits per heavy atom. The van der Waals surface area contributed by atoms with Crippen molar-refractivity contribution in [3.63, 3.8) is 0 Å². The van der Waals surface area contributed by atoms with Gasteiger partial charge in [-0.25, -0.2) is 9.59 Å². The van der Waals surface area contributed by atoms with Crippen molar-refractivity contribution in [3.8, 4) is 0 Å². The van der Waals surface area contributed by atoms with Crippen LogP contribution in [0.5, 0.6) is 0 Å². The van der Waals surface area contributed by atoms with Crippen LogP contribution < -0.4 is 0 Å². The Bertz CT molecular complexity index is 539. The molecule has 0 N–H and O–H groups in total. The largest absolute Gasteiger partial charge is 0.450 e. The maximum Gasteiger partial charge on any atom is 0.410 e. The first-order valence-electron chi connectivity index (χ1n) is 9.78. The van der Waals surface area contributed by atoms with Crippen LogP contribution in [0.4, 0.5) is 9.59 Å². The van der Waals surface area contributed by atoms with Crippen LogP contribution in [0.2, 0.25) is 0 Å². The van der Waals surface area contributed by atoms with Gasteiger partial charge in [0.25, 0.3) is 0 Å². The molecule has 1 atom stereocenters. The molecule has 1 saturated carbocycles. The second-order valence-electron chi connectivity index (χ2n) is 8.01. The van der Waals surface area contributed by atoms with Gasteiger partial charge in [-0.2, -0.15) is 0 Å². The van der Waals surface area contributed by atoms with E-state index in [9.17, 15) is 9.59 Å². The fraction of sp³-hybridized carbons (Fsp3) is 0.889. The number of morpholine rings is 1. The highest BCUT2D eigenvalue weighted by molar-refractivity contribution is 5.69. The van der Waals surface area contributed by atoms with Crippen molar-refractivity contribution in [2.24, 2.45) is 5.41 Å². The molecule has 3 aliphatic heterocycles. The molecule has 8 heteroatoms. The Hall–Kier alpha value is -1.54. The van der Waals surface area contributed by atoms with Gasteiger partial charge < -0.3 is 24.0 Å². The van der Waals surface area contributed by atoms with Gasteiger partial charge in [-0.3, -0.25) is 4.90 Å². The molecule has 4 fully saturated rings. The third kappa shape index (κ3) is 3.49. The van der Waals surface area contributed by atoms with E-state index in [1.165, 1.54) is 12.8 Å². The molecule has 1 aliphatic carbocycles. The van der Waals surface area contributed by atoms with Gasteiger partial charge >= 0.3 is 12.2 Å². The number of hydrogen-bond donors (Lipinski definition) is 0. The first-order chi connectivity index (χ1) is 12.6. The van der Waals surface area contributed by atoms with Gasteiger partial charge in [-0.05, 0) is 26.2 Å². The molecule has 0 aromatic heterocycles. The van der Waals surface area contributed by atoms with Crippen molar-refractivity contribution < 1.29 is 23.8 Å². The van der Waals surface area contributed by atoms with Crippen molar-refractivity contribution in [2.45, 2.75) is 38.3 Å². The first-order valence-corrected chi connectivity index (χ1v) is 9.78. The molecule has 0 bridgehead atoms. The standard InChI is InChI=1S/C18H29N3O5/c1-2-25-16(22)21-12-18(13-21)4-3-14(9-18)20-10-15(11-20)26-17(23)19-5-7-24-8-6-19/h14-15H,2-13H2,1H3. The first kappa shape index (κ1) is 17.9. The Kier molecular flexibility index (Phi) is 4.96. The van der Waals surface area contributed by atoms with E-state index >= 15 is 0 Å². The Balaban J connectivity index is 1.17. The molecule has 8 nitrogen and oxygen atoms in total. The van der Waals surface area contributed by atoms with Crippen molar-refractivity contribution in [1.82, 2.24) is 14.7 Å². The normalized spacial score (nSPS) is 28.6. The zero-order chi connectivity index (χ0) is 18.1. The van der Waals surface area contributed by atoms with Gasteiger partial charge in [0.15, 0.2) is 0 Å². The Morgan fingerprint density at radius 1 is 1.12 bits per heavy atom. The van der Waals surface area contributed by atoms with Gasteiger partial charge in [0.2, 0.25) is 0 Å². The summed E-state index contributed by atoms with van der Waals surface area (Å²) in [5, 5.41) is 0. The smallest absolute Gasteiger partial charge is 0.410 e. The van der Waals surface area contributed by atoms with E-state index in [0.29, 0.717) is 39.0 Å². The molecule has 3 heterocycles. The fourth-order valence-electron chi connectivity index (χ4n) is 4.69. The molecule has 0 aromatic rings. The van der Waals surface area contributed by atoms with Gasteiger partial charge in [0.05, 0.1) is 19.8 Å². The number of amides is 2. The molecule has 4 rings (SSSR count). The average Bonchev–Trinajstić information content (AvgIpc) is 3.02. The molecule has 1 spiro atoms. The third-order valence-electron chi connectivity index (χ3n) is 6.18. The lowest BCUT2D eigenvalue weighted by Gasteiger charge is -2.49. The summed E-state index contributed by atoms with van der Waals surface area (Å²) in [6, 6.07) is 0.553. The summed E-state index contributed by atoms with van der Waals surface area (Å²) >= 11 is 0. The molecule has 0 aromatic carbocycles. The molecule has 3 saturated heterocycles. The second-order valence-corrected chi connectivity index (χ2v) is 8.01. The third-order valence-corrected chi connectivity index (χ3v) is 6.18. The maximum atomic E-state index is 12.1. The van der Waals surface area contributed by atoms with Crippen molar-refractivity contribution >= 4 is 12.2 Å². The molecule has 2 amide bonds. The number of nitrogens with zero attached hydrogens (tertiary/aromatic N) is 3. The SMILES string of the molecule is CCOC(=O)N1CC2(CCC(N3CC(OC(=O)N4CCOCC4)C3)C2)C1. The number of hydrogen-bond acceptors (Lipinski definition) is 6. The molecule has 26 heavy (non-hydrogen) atoms. The second kappa shape index (κ2) is 7.23. The van der Waals surface area contributed by atoms with Crippen LogP contribution in [-0.4, -0.2) is 98.1 Å². The monoisotopic (exact) mass is 367 g/mol. The molecule has 0 radical (unpaired) electrons. The van der Waals surface area contributed by atoms with Crippen LogP contribution in [0.3, 0.4) is 0 Å². The van der Waals surface area contributed by atoms with E-state index in [4.69, 9.17) is 14.2 Å². The summed E-state index contributed by atoms with van der Waals surface area (Å²) in [5.41, 5.74) is 0.285. The summed E-state index contributed by atoms with van der Waals surface area (Å²) in [4.78, 5) is 29.9. The van der Waals surface area contributed by atoms with E-state index in [0.717, 1.165) is 32.6 Å². The number of rotatable bonds is 3. The highest BCUT2D eigenvalue weighted by Gasteiger charge is 2.52. The van der Waals surface area contributed by atoms with E-state index < -0.39 is 0 Å². The minimum Gasteiger partial charge on any atom is -0.450 e. The fourth-order valence-corrected chi connectivity index (χ4v) is 4.69. The quantitative estimate of drug-likeness (QED) is 0.745. The van der Waals surface area contributed by atoms with Crippen LogP contribution >= 0.6 is 0 Å². The van der Waals surface area contributed by atoms with Gasteiger partial charge in [-0.15, -0.1) is 0 Å². The maximum absolute atomic E-state index is 12.1. The summed E-state index contributed by atoms with van der Waals surface area (Å²) < 4.78 is 15.9. The van der Waals surface area contributed by atoms with Gasteiger partial charge in [0.1, 0.15) is 6.10 Å². The average molecular weight is 367 g/mol. The van der Waals surface area contributed by atoms with Crippen molar-refractivity contribution in [3.05, 3.63) is 0 Å². The van der Waals surface area contributed by atoms with E-state index in [2.05, 4.69) is 4.90 Å². The molecular weight excluding hydrogens is 338 g/mol. The Morgan fingerprint density at radius 2 is 1.85 bits per heavy atom. The Labute approximate surface area is 154 Å². The zero-order valence-electron chi connectivity index (χ0n) is 15.5. The summed E-state index contributed by atoms with van der Waals surface area (Å²) in [5.74, 6) is 0. The molecular formula is C18H29N3O5. The van der Waals surface area contributed by atoms with Crippen molar-refractivity contribution in [1.29, 1.82) is 0 Å². The number of carbonyl (C=O) groups is 2. The van der Waals surface area contributed by atoms with E-state index in [1.54, 1.807) is 4.90 Å². The van der Waals surface area contributed by atoms with Gasteiger partial charge in [-0.1, -0.05) is 0 Å². The lowest BCUT2D eigenvalue weighted by atomic mass is 9.78. The highest BCUT2D eigenvalue weighted by atomic mass is 16.6. The minimum atomic E-state index is -0.204. The lowest BCUT2D eigenvalue weighted by Crippen LogP contribution is -2.60. The van der Waals surface area contributed by atoms with E-state index in [-0.39, 0.29) is 23.7 Å². The van der Waals surface area contributed by atoms with Crippen LogP contribution in [0.25, 0.3) is 0 Å². The summed E-state index contributed by atoms with van der Waals surface area (Å²) in [6.07, 6.45) is 3.10. The highest BCUT2D eigenvalue weighted by Crippen LogP contribution is 2.48. The molecule has 1 unspecified atom stereocenters. The summed E-state index contributed by atoms with van der Waals surface area (Å²) in [6.45, 7) is 8.02. The van der Waals surface area contributed by atoms with Crippen LogP contribution in [-0.2, 0) is 14.2 Å². The number of carbonyl (C=O) groups excluding carboxylic acids is 2. The predicted octanol–water partition coefficient (Wildman–Crippen LogP) is 1.15. The van der Waals surface area contributed by atoms with Crippen LogP contribution in [0.15, 0.2) is 0 Å². The summed E-state index contributed by atoms with van der Waals surface area (Å²) in [7, 11) is 0. The molecule has 146 valence electrons. The van der Waals surface area contributed by atoms with Gasteiger partial charge in [0, 0.05) is 50.7 Å². The van der Waals surface area contributed by atoms with E-state index in [1.807, 2.05) is 11.8 Å². The zero-order valence-corrected chi connectivity index (χ0v) is 15.5. The number of likely N-dealkylation sites (tertiary alicyclic amines) is 2.